The zero-order valence-electron chi connectivity index (χ0n) is 10.2. The molecule has 92 valence electrons. The molecule has 1 atom stereocenters. The molecule has 0 spiro atoms. The summed E-state index contributed by atoms with van der Waals surface area (Å²) in [4.78, 5) is 4.54. The van der Waals surface area contributed by atoms with Crippen LogP contribution < -0.4 is 5.32 Å². The van der Waals surface area contributed by atoms with Gasteiger partial charge in [-0.3, -0.25) is 5.10 Å². The summed E-state index contributed by atoms with van der Waals surface area (Å²) in [5.41, 5.74) is 3.17. The molecule has 3 rings (SSSR count). The summed E-state index contributed by atoms with van der Waals surface area (Å²) in [5.74, 6) is 0. The van der Waals surface area contributed by atoms with Crippen LogP contribution in [-0.2, 0) is 6.54 Å². The molecule has 0 amide bonds. The van der Waals surface area contributed by atoms with Crippen molar-refractivity contribution in [2.75, 3.05) is 0 Å². The number of aromatic nitrogens is 4. The van der Waals surface area contributed by atoms with E-state index in [2.05, 4.69) is 27.4 Å². The van der Waals surface area contributed by atoms with Crippen molar-refractivity contribution in [3.05, 3.63) is 54.2 Å². The van der Waals surface area contributed by atoms with E-state index in [0.717, 1.165) is 23.4 Å². The summed E-state index contributed by atoms with van der Waals surface area (Å²) in [6, 6.07) is 6.25. The number of H-pyrrole nitrogens is 1. The van der Waals surface area contributed by atoms with Crippen LogP contribution in [-0.4, -0.2) is 19.6 Å². The first kappa shape index (κ1) is 11.0. The second kappa shape index (κ2) is 4.62. The van der Waals surface area contributed by atoms with E-state index < -0.39 is 0 Å². The molecule has 0 saturated carbocycles. The Labute approximate surface area is 105 Å². The van der Waals surface area contributed by atoms with Crippen LogP contribution in [0.2, 0.25) is 0 Å². The average molecular weight is 241 g/mol. The van der Waals surface area contributed by atoms with Crippen LogP contribution in [0.25, 0.3) is 5.65 Å². The van der Waals surface area contributed by atoms with Crippen LogP contribution >= 0.6 is 0 Å². The highest BCUT2D eigenvalue weighted by molar-refractivity contribution is 5.39. The van der Waals surface area contributed by atoms with E-state index in [1.54, 1.807) is 0 Å². The number of hydrogen-bond acceptors (Lipinski definition) is 3. The molecule has 2 N–H and O–H groups in total. The highest BCUT2D eigenvalue weighted by atomic mass is 15.1. The Hall–Kier alpha value is -2.14. The number of imidazole rings is 1. The van der Waals surface area contributed by atoms with Gasteiger partial charge in [-0.2, -0.15) is 5.10 Å². The molecule has 3 aromatic rings. The van der Waals surface area contributed by atoms with Crippen molar-refractivity contribution in [3.63, 3.8) is 0 Å². The van der Waals surface area contributed by atoms with E-state index in [1.165, 1.54) is 0 Å². The number of rotatable bonds is 4. The first-order chi connectivity index (χ1) is 8.83. The van der Waals surface area contributed by atoms with Crippen molar-refractivity contribution in [1.82, 2.24) is 24.9 Å². The van der Waals surface area contributed by atoms with Crippen LogP contribution in [0.4, 0.5) is 0 Å². The molecule has 0 aliphatic heterocycles. The van der Waals surface area contributed by atoms with Gasteiger partial charge in [0, 0.05) is 36.7 Å². The molecular formula is C13H15N5. The van der Waals surface area contributed by atoms with Gasteiger partial charge in [0.2, 0.25) is 0 Å². The first-order valence-electron chi connectivity index (χ1n) is 5.97. The van der Waals surface area contributed by atoms with Crippen LogP contribution in [0.1, 0.15) is 24.2 Å². The molecule has 0 aliphatic carbocycles. The zero-order chi connectivity index (χ0) is 12.4. The van der Waals surface area contributed by atoms with Gasteiger partial charge in [0.1, 0.15) is 5.65 Å². The number of aromatic amines is 1. The summed E-state index contributed by atoms with van der Waals surface area (Å²) in [6.45, 7) is 2.86. The second-order valence-electron chi connectivity index (χ2n) is 4.33. The van der Waals surface area contributed by atoms with E-state index in [1.807, 2.05) is 47.4 Å². The molecule has 0 fully saturated rings. The lowest BCUT2D eigenvalue weighted by atomic mass is 10.2. The second-order valence-corrected chi connectivity index (χ2v) is 4.33. The summed E-state index contributed by atoms with van der Waals surface area (Å²) in [7, 11) is 0. The highest BCUT2D eigenvalue weighted by Gasteiger charge is 2.07. The van der Waals surface area contributed by atoms with Crippen molar-refractivity contribution in [2.45, 2.75) is 19.5 Å². The molecule has 0 radical (unpaired) electrons. The lowest BCUT2D eigenvalue weighted by Gasteiger charge is -2.09. The van der Waals surface area contributed by atoms with Gasteiger partial charge in [-0.1, -0.05) is 6.07 Å². The van der Waals surface area contributed by atoms with Crippen LogP contribution in [0.5, 0.6) is 0 Å². The zero-order valence-corrected chi connectivity index (χ0v) is 10.2. The summed E-state index contributed by atoms with van der Waals surface area (Å²) in [6.07, 6.45) is 7.79. The third-order valence-corrected chi connectivity index (χ3v) is 3.02. The highest BCUT2D eigenvalue weighted by Crippen LogP contribution is 2.11. The van der Waals surface area contributed by atoms with Gasteiger partial charge in [0.25, 0.3) is 0 Å². The molecule has 3 aromatic heterocycles. The molecule has 5 nitrogen and oxygen atoms in total. The van der Waals surface area contributed by atoms with Gasteiger partial charge < -0.3 is 9.72 Å². The van der Waals surface area contributed by atoms with E-state index in [9.17, 15) is 0 Å². The fraction of sp³-hybridized carbons (Fsp3) is 0.231. The minimum atomic E-state index is 0.258. The Morgan fingerprint density at radius 3 is 3.17 bits per heavy atom. The molecular weight excluding hydrogens is 226 g/mol. The maximum Gasteiger partial charge on any atom is 0.137 e. The van der Waals surface area contributed by atoms with E-state index in [-0.39, 0.29) is 6.04 Å². The Morgan fingerprint density at radius 2 is 2.39 bits per heavy atom. The third-order valence-electron chi connectivity index (χ3n) is 3.02. The SMILES string of the molecule is CC(NCc1cn2ccccc2n1)c1cn[nH]c1. The molecule has 0 aromatic carbocycles. The fourth-order valence-electron chi connectivity index (χ4n) is 1.95. The Morgan fingerprint density at radius 1 is 1.44 bits per heavy atom. The van der Waals surface area contributed by atoms with Gasteiger partial charge >= 0.3 is 0 Å². The summed E-state index contributed by atoms with van der Waals surface area (Å²) in [5, 5.41) is 10.2. The van der Waals surface area contributed by atoms with E-state index >= 15 is 0 Å². The average Bonchev–Trinajstić information content (AvgIpc) is 3.04. The monoisotopic (exact) mass is 241 g/mol. The Kier molecular flexibility index (Phi) is 2.82. The van der Waals surface area contributed by atoms with Crippen LogP contribution in [0.3, 0.4) is 0 Å². The van der Waals surface area contributed by atoms with Gasteiger partial charge in [-0.15, -0.1) is 0 Å². The normalized spacial score (nSPS) is 12.9. The van der Waals surface area contributed by atoms with Crippen molar-refractivity contribution in [2.24, 2.45) is 0 Å². The van der Waals surface area contributed by atoms with Crippen molar-refractivity contribution >= 4 is 5.65 Å². The lowest BCUT2D eigenvalue weighted by Crippen LogP contribution is -2.17. The van der Waals surface area contributed by atoms with Crippen molar-refractivity contribution in [3.8, 4) is 0 Å². The number of fused-ring (bicyclic) bond motifs is 1. The van der Waals surface area contributed by atoms with Gasteiger partial charge in [0.15, 0.2) is 0 Å². The van der Waals surface area contributed by atoms with E-state index in [4.69, 9.17) is 0 Å². The summed E-state index contributed by atoms with van der Waals surface area (Å²) < 4.78 is 2.03. The van der Waals surface area contributed by atoms with Crippen molar-refractivity contribution < 1.29 is 0 Å². The molecule has 1 unspecified atom stereocenters. The quantitative estimate of drug-likeness (QED) is 0.733. The number of hydrogen-bond donors (Lipinski definition) is 2. The smallest absolute Gasteiger partial charge is 0.137 e. The summed E-state index contributed by atoms with van der Waals surface area (Å²) >= 11 is 0. The molecule has 5 heteroatoms. The first-order valence-corrected chi connectivity index (χ1v) is 5.97. The molecule has 3 heterocycles. The predicted molar refractivity (Wildman–Crippen MR) is 69.0 cm³/mol. The number of nitrogens with one attached hydrogen (secondary N) is 2. The molecule has 18 heavy (non-hydrogen) atoms. The number of pyridine rings is 1. The topological polar surface area (TPSA) is 58.0 Å². The van der Waals surface area contributed by atoms with Crippen LogP contribution in [0, 0.1) is 0 Å². The fourth-order valence-corrected chi connectivity index (χ4v) is 1.95. The minimum absolute atomic E-state index is 0.258. The lowest BCUT2D eigenvalue weighted by molar-refractivity contribution is 0.569. The van der Waals surface area contributed by atoms with Gasteiger partial charge in [0.05, 0.1) is 11.9 Å². The maximum atomic E-state index is 4.54. The predicted octanol–water partition coefficient (Wildman–Crippen LogP) is 1.91. The third kappa shape index (κ3) is 2.12. The molecule has 0 bridgehead atoms. The maximum absolute atomic E-state index is 4.54. The van der Waals surface area contributed by atoms with Crippen molar-refractivity contribution in [1.29, 1.82) is 0 Å². The standard InChI is InChI=1S/C13H15N5/c1-10(11-6-15-16-7-11)14-8-12-9-18-5-3-2-4-13(18)17-12/h2-7,9-10,14H,8H2,1H3,(H,15,16). The van der Waals surface area contributed by atoms with Gasteiger partial charge in [-0.25, -0.2) is 4.98 Å². The molecule has 0 saturated heterocycles. The van der Waals surface area contributed by atoms with E-state index in [0.29, 0.717) is 0 Å². The number of nitrogens with zero attached hydrogens (tertiary/aromatic N) is 3. The Balaban J connectivity index is 1.69. The van der Waals surface area contributed by atoms with Crippen LogP contribution in [0.15, 0.2) is 43.0 Å². The Bertz CT molecular complexity index is 593. The largest absolute Gasteiger partial charge is 0.307 e. The molecule has 0 aliphatic rings. The van der Waals surface area contributed by atoms with Gasteiger partial charge in [-0.05, 0) is 19.1 Å². The minimum Gasteiger partial charge on any atom is -0.307 e.